The van der Waals surface area contributed by atoms with Crippen LogP contribution in [0.5, 0.6) is 0 Å². The molecule has 1 N–H and O–H groups in total. The number of amides is 3. The molecule has 1 heterocycles. The lowest BCUT2D eigenvalue weighted by Crippen LogP contribution is -2.33. The lowest BCUT2D eigenvalue weighted by atomic mass is 9.99. The fraction of sp³-hybridized carbons (Fsp3) is 0.154. The number of carbonyl (C=O) groups is 4. The second kappa shape index (κ2) is 9.48. The summed E-state index contributed by atoms with van der Waals surface area (Å²) in [6, 6.07) is 23.2. The topological polar surface area (TPSA) is 92.8 Å². The summed E-state index contributed by atoms with van der Waals surface area (Å²) in [7, 11) is 1.38. The molecular formula is C26H22N2O5. The molecule has 1 aliphatic heterocycles. The van der Waals surface area contributed by atoms with E-state index in [0.29, 0.717) is 6.42 Å². The van der Waals surface area contributed by atoms with Gasteiger partial charge in [-0.2, -0.15) is 0 Å². The molecule has 0 spiro atoms. The molecule has 3 aromatic rings. The molecule has 7 heteroatoms. The van der Waals surface area contributed by atoms with E-state index >= 15 is 0 Å². The quantitative estimate of drug-likeness (QED) is 0.448. The second-order valence-corrected chi connectivity index (χ2v) is 7.73. The Morgan fingerprint density at radius 3 is 2.21 bits per heavy atom. The molecule has 0 aliphatic carbocycles. The highest BCUT2D eigenvalue weighted by Gasteiger charge is 2.33. The van der Waals surface area contributed by atoms with Crippen LogP contribution in [0.3, 0.4) is 0 Å². The Bertz CT molecular complexity index is 1210. The van der Waals surface area contributed by atoms with Crippen molar-refractivity contribution in [1.29, 1.82) is 0 Å². The predicted octanol–water partition coefficient (Wildman–Crippen LogP) is 3.17. The summed E-state index contributed by atoms with van der Waals surface area (Å²) in [5, 5.41) is 2.93. The molecule has 4 rings (SSSR count). The van der Waals surface area contributed by atoms with Crippen LogP contribution >= 0.6 is 0 Å². The molecule has 7 nitrogen and oxygen atoms in total. The third-order valence-electron chi connectivity index (χ3n) is 5.48. The highest BCUT2D eigenvalue weighted by Crippen LogP contribution is 2.23. The maximum absolute atomic E-state index is 12.6. The van der Waals surface area contributed by atoms with Crippen molar-refractivity contribution < 1.29 is 23.9 Å². The average molecular weight is 442 g/mol. The summed E-state index contributed by atoms with van der Waals surface area (Å²) in [6.45, 7) is -0.471. The van der Waals surface area contributed by atoms with E-state index in [2.05, 4.69) is 5.32 Å². The van der Waals surface area contributed by atoms with Crippen LogP contribution < -0.4 is 5.32 Å². The Morgan fingerprint density at radius 2 is 1.52 bits per heavy atom. The number of benzene rings is 3. The van der Waals surface area contributed by atoms with Gasteiger partial charge in [0.15, 0.2) is 6.61 Å². The molecule has 0 saturated carbocycles. The molecule has 0 fully saturated rings. The first-order chi connectivity index (χ1) is 15.9. The number of ether oxygens (including phenoxy) is 1. The molecule has 0 aromatic heterocycles. The van der Waals surface area contributed by atoms with Crippen molar-refractivity contribution in [2.24, 2.45) is 0 Å². The second-order valence-electron chi connectivity index (χ2n) is 7.73. The third kappa shape index (κ3) is 4.82. The highest BCUT2D eigenvalue weighted by molar-refractivity contribution is 6.21. The van der Waals surface area contributed by atoms with Gasteiger partial charge in [0.25, 0.3) is 17.7 Å². The third-order valence-corrected chi connectivity index (χ3v) is 5.48. The zero-order valence-corrected chi connectivity index (χ0v) is 18.0. The molecule has 1 atom stereocenters. The number of esters is 1. The first-order valence-electron chi connectivity index (χ1n) is 10.5. The monoisotopic (exact) mass is 442 g/mol. The van der Waals surface area contributed by atoms with E-state index in [-0.39, 0.29) is 22.7 Å². The maximum atomic E-state index is 12.6. The Hall–Kier alpha value is -4.26. The normalized spacial score (nSPS) is 13.4. The van der Waals surface area contributed by atoms with Crippen molar-refractivity contribution in [1.82, 2.24) is 10.2 Å². The maximum Gasteiger partial charge on any atom is 0.338 e. The molecule has 3 amide bonds. The van der Waals surface area contributed by atoms with E-state index in [0.717, 1.165) is 16.0 Å². The number of imide groups is 1. The van der Waals surface area contributed by atoms with Crippen molar-refractivity contribution in [3.63, 3.8) is 0 Å². The van der Waals surface area contributed by atoms with Crippen molar-refractivity contribution in [2.75, 3.05) is 13.7 Å². The lowest BCUT2D eigenvalue weighted by Gasteiger charge is -2.19. The molecule has 0 saturated heterocycles. The van der Waals surface area contributed by atoms with E-state index in [4.69, 9.17) is 4.74 Å². The van der Waals surface area contributed by atoms with Crippen LogP contribution in [0.25, 0.3) is 0 Å². The molecule has 1 aliphatic rings. The largest absolute Gasteiger partial charge is 0.452 e. The van der Waals surface area contributed by atoms with Crippen molar-refractivity contribution >= 4 is 23.7 Å². The highest BCUT2D eigenvalue weighted by atomic mass is 16.5. The number of nitrogens with zero attached hydrogens (tertiary/aromatic N) is 1. The lowest BCUT2D eigenvalue weighted by molar-refractivity contribution is -0.125. The van der Waals surface area contributed by atoms with E-state index in [1.54, 1.807) is 0 Å². The van der Waals surface area contributed by atoms with Gasteiger partial charge in [-0.3, -0.25) is 19.3 Å². The summed E-state index contributed by atoms with van der Waals surface area (Å²) < 4.78 is 5.16. The average Bonchev–Trinajstić information content (AvgIpc) is 3.06. The summed E-state index contributed by atoms with van der Waals surface area (Å²) >= 11 is 0. The zero-order valence-electron chi connectivity index (χ0n) is 18.0. The fourth-order valence-corrected chi connectivity index (χ4v) is 3.73. The fourth-order valence-electron chi connectivity index (χ4n) is 3.73. The van der Waals surface area contributed by atoms with Crippen LogP contribution in [-0.4, -0.2) is 42.2 Å². The summed E-state index contributed by atoms with van der Waals surface area (Å²) in [6.07, 6.45) is 0.582. The van der Waals surface area contributed by atoms with Gasteiger partial charge in [0.2, 0.25) is 0 Å². The van der Waals surface area contributed by atoms with Gasteiger partial charge >= 0.3 is 5.97 Å². The van der Waals surface area contributed by atoms with Crippen LogP contribution in [0.1, 0.15) is 48.2 Å². The van der Waals surface area contributed by atoms with Crippen LogP contribution in [-0.2, 0) is 16.0 Å². The van der Waals surface area contributed by atoms with Crippen molar-refractivity contribution in [2.45, 2.75) is 12.5 Å². The summed E-state index contributed by atoms with van der Waals surface area (Å²) in [5.41, 5.74) is 2.48. The minimum Gasteiger partial charge on any atom is -0.452 e. The smallest absolute Gasteiger partial charge is 0.338 e. The van der Waals surface area contributed by atoms with E-state index in [9.17, 15) is 19.2 Å². The van der Waals surface area contributed by atoms with Gasteiger partial charge in [0.1, 0.15) is 0 Å². The molecule has 3 aromatic carbocycles. The van der Waals surface area contributed by atoms with Gasteiger partial charge in [0.05, 0.1) is 22.7 Å². The zero-order chi connectivity index (χ0) is 23.4. The van der Waals surface area contributed by atoms with E-state index in [1.165, 1.54) is 25.2 Å². The number of fused-ring (bicyclic) bond motifs is 1. The Labute approximate surface area is 191 Å². The Kier molecular flexibility index (Phi) is 6.31. The first kappa shape index (κ1) is 22.0. The standard InChI is InChI=1S/C26H22N2O5/c1-28-24(30)20-13-12-19(15-21(20)25(28)31)26(32)33-16-23(29)27-22(18-10-6-3-7-11-18)14-17-8-4-2-5-9-17/h2-13,15,22H,14,16H2,1H3,(H,27,29). The van der Waals surface area contributed by atoms with Crippen molar-refractivity contribution in [3.05, 3.63) is 107 Å². The van der Waals surface area contributed by atoms with E-state index in [1.807, 2.05) is 60.7 Å². The predicted molar refractivity (Wildman–Crippen MR) is 121 cm³/mol. The van der Waals surface area contributed by atoms with Crippen LogP contribution in [0.2, 0.25) is 0 Å². The molecule has 0 radical (unpaired) electrons. The van der Waals surface area contributed by atoms with E-state index < -0.39 is 30.3 Å². The molecule has 166 valence electrons. The molecule has 0 bridgehead atoms. The summed E-state index contributed by atoms with van der Waals surface area (Å²) in [5.74, 6) is -2.09. The van der Waals surface area contributed by atoms with Gasteiger partial charge in [-0.05, 0) is 35.7 Å². The number of nitrogens with one attached hydrogen (secondary N) is 1. The van der Waals surface area contributed by atoms with Crippen LogP contribution in [0.15, 0.2) is 78.9 Å². The number of hydrogen-bond acceptors (Lipinski definition) is 5. The van der Waals surface area contributed by atoms with Crippen molar-refractivity contribution in [3.8, 4) is 0 Å². The van der Waals surface area contributed by atoms with Gasteiger partial charge in [-0.25, -0.2) is 4.79 Å². The van der Waals surface area contributed by atoms with Gasteiger partial charge in [0, 0.05) is 7.05 Å². The van der Waals surface area contributed by atoms with Gasteiger partial charge in [-0.15, -0.1) is 0 Å². The minimum absolute atomic E-state index is 0.0990. The molecule has 1 unspecified atom stereocenters. The van der Waals surface area contributed by atoms with Gasteiger partial charge < -0.3 is 10.1 Å². The van der Waals surface area contributed by atoms with Gasteiger partial charge in [-0.1, -0.05) is 60.7 Å². The number of hydrogen-bond donors (Lipinski definition) is 1. The van der Waals surface area contributed by atoms with Crippen LogP contribution in [0, 0.1) is 0 Å². The first-order valence-corrected chi connectivity index (χ1v) is 10.5. The molecular weight excluding hydrogens is 420 g/mol. The number of rotatable bonds is 7. The van der Waals surface area contributed by atoms with Crippen LogP contribution in [0.4, 0.5) is 0 Å². The number of carbonyl (C=O) groups excluding carboxylic acids is 4. The Morgan fingerprint density at radius 1 is 0.879 bits per heavy atom. The Balaban J connectivity index is 1.41. The SMILES string of the molecule is CN1C(=O)c2ccc(C(=O)OCC(=O)NC(Cc3ccccc3)c3ccccc3)cc2C1=O. The summed E-state index contributed by atoms with van der Waals surface area (Å²) in [4.78, 5) is 50.2. The minimum atomic E-state index is -0.748. The molecule has 33 heavy (non-hydrogen) atoms.